The SMILES string of the molecule is O=C1C=CC2C(c3ccccc3)CC1N2c1ccccn1. The normalized spacial score (nSPS) is 27.1. The molecule has 2 aliphatic heterocycles. The number of pyridine rings is 1. The summed E-state index contributed by atoms with van der Waals surface area (Å²) in [5.74, 6) is 1.43. The molecule has 0 spiro atoms. The maximum Gasteiger partial charge on any atom is 0.177 e. The third-order valence-corrected chi connectivity index (χ3v) is 4.47. The largest absolute Gasteiger partial charge is 0.339 e. The highest BCUT2D eigenvalue weighted by Crippen LogP contribution is 2.42. The van der Waals surface area contributed by atoms with Crippen LogP contribution >= 0.6 is 0 Å². The van der Waals surface area contributed by atoms with Crippen molar-refractivity contribution in [3.63, 3.8) is 0 Å². The van der Waals surface area contributed by atoms with Gasteiger partial charge in [-0.3, -0.25) is 4.79 Å². The summed E-state index contributed by atoms with van der Waals surface area (Å²) < 4.78 is 0. The Morgan fingerprint density at radius 3 is 2.62 bits per heavy atom. The third kappa shape index (κ3) is 1.97. The molecule has 21 heavy (non-hydrogen) atoms. The van der Waals surface area contributed by atoms with E-state index in [0.717, 1.165) is 12.2 Å². The minimum atomic E-state index is -0.0832. The van der Waals surface area contributed by atoms with E-state index < -0.39 is 0 Å². The molecular formula is C18H16N2O. The third-order valence-electron chi connectivity index (χ3n) is 4.47. The molecule has 3 heterocycles. The number of ketones is 1. The van der Waals surface area contributed by atoms with Gasteiger partial charge in [-0.1, -0.05) is 42.5 Å². The molecule has 0 N–H and O–H groups in total. The molecule has 1 aromatic heterocycles. The van der Waals surface area contributed by atoms with Crippen LogP contribution in [0.3, 0.4) is 0 Å². The van der Waals surface area contributed by atoms with Crippen molar-refractivity contribution in [1.29, 1.82) is 0 Å². The Morgan fingerprint density at radius 1 is 1.05 bits per heavy atom. The Labute approximate surface area is 123 Å². The lowest BCUT2D eigenvalue weighted by Crippen LogP contribution is -2.43. The van der Waals surface area contributed by atoms with Gasteiger partial charge in [-0.15, -0.1) is 0 Å². The van der Waals surface area contributed by atoms with Crippen LogP contribution in [0.4, 0.5) is 5.82 Å². The van der Waals surface area contributed by atoms with Gasteiger partial charge in [0.05, 0.1) is 12.1 Å². The summed E-state index contributed by atoms with van der Waals surface area (Å²) in [6, 6.07) is 16.5. The number of fused-ring (bicyclic) bond motifs is 2. The molecule has 0 amide bonds. The quantitative estimate of drug-likeness (QED) is 0.845. The zero-order valence-corrected chi connectivity index (χ0v) is 11.6. The first-order valence-corrected chi connectivity index (χ1v) is 7.31. The number of rotatable bonds is 2. The molecule has 0 radical (unpaired) electrons. The molecule has 0 saturated carbocycles. The highest BCUT2D eigenvalue weighted by Gasteiger charge is 2.46. The number of hydrogen-bond donors (Lipinski definition) is 0. The number of carbonyl (C=O) groups is 1. The molecule has 3 nitrogen and oxygen atoms in total. The van der Waals surface area contributed by atoms with Crippen LogP contribution in [0, 0.1) is 0 Å². The lowest BCUT2D eigenvalue weighted by molar-refractivity contribution is -0.115. The summed E-state index contributed by atoms with van der Waals surface area (Å²) in [5.41, 5.74) is 1.30. The summed E-state index contributed by atoms with van der Waals surface area (Å²) in [6.45, 7) is 0. The van der Waals surface area contributed by atoms with Gasteiger partial charge in [0.25, 0.3) is 0 Å². The van der Waals surface area contributed by atoms with Gasteiger partial charge in [0.2, 0.25) is 0 Å². The molecular weight excluding hydrogens is 260 g/mol. The molecule has 2 aromatic rings. The lowest BCUT2D eigenvalue weighted by atomic mass is 9.91. The highest BCUT2D eigenvalue weighted by atomic mass is 16.1. The van der Waals surface area contributed by atoms with E-state index in [1.807, 2.05) is 30.3 Å². The van der Waals surface area contributed by atoms with Crippen molar-refractivity contribution in [2.45, 2.75) is 24.4 Å². The van der Waals surface area contributed by atoms with E-state index >= 15 is 0 Å². The Hall–Kier alpha value is -2.42. The summed E-state index contributed by atoms with van der Waals surface area (Å²) >= 11 is 0. The molecule has 104 valence electrons. The van der Waals surface area contributed by atoms with E-state index in [-0.39, 0.29) is 17.9 Å². The molecule has 0 aliphatic carbocycles. The second-order valence-corrected chi connectivity index (χ2v) is 5.62. The average molecular weight is 276 g/mol. The van der Waals surface area contributed by atoms with Crippen LogP contribution in [0.2, 0.25) is 0 Å². The van der Waals surface area contributed by atoms with Crippen molar-refractivity contribution in [2.24, 2.45) is 0 Å². The van der Waals surface area contributed by atoms with Crippen LogP contribution in [0.15, 0.2) is 66.9 Å². The molecule has 1 aromatic carbocycles. The van der Waals surface area contributed by atoms with Gasteiger partial charge in [0, 0.05) is 12.1 Å². The predicted molar refractivity (Wildman–Crippen MR) is 82.2 cm³/mol. The number of aromatic nitrogens is 1. The second-order valence-electron chi connectivity index (χ2n) is 5.62. The van der Waals surface area contributed by atoms with E-state index in [4.69, 9.17) is 0 Å². The van der Waals surface area contributed by atoms with Crippen LogP contribution in [-0.2, 0) is 4.79 Å². The van der Waals surface area contributed by atoms with Crippen LogP contribution in [0.1, 0.15) is 17.9 Å². The molecule has 3 atom stereocenters. The summed E-state index contributed by atoms with van der Waals surface area (Å²) in [7, 11) is 0. The summed E-state index contributed by atoms with van der Waals surface area (Å²) in [4.78, 5) is 18.9. The first-order chi connectivity index (χ1) is 10.3. The smallest absolute Gasteiger partial charge is 0.177 e. The number of hydrogen-bond acceptors (Lipinski definition) is 3. The summed E-state index contributed by atoms with van der Waals surface area (Å²) in [5, 5.41) is 0. The van der Waals surface area contributed by atoms with E-state index in [9.17, 15) is 4.79 Å². The van der Waals surface area contributed by atoms with E-state index in [2.05, 4.69) is 34.1 Å². The van der Waals surface area contributed by atoms with Crippen molar-refractivity contribution in [3.05, 3.63) is 72.4 Å². The first-order valence-electron chi connectivity index (χ1n) is 7.31. The maximum atomic E-state index is 12.3. The first kappa shape index (κ1) is 12.3. The van der Waals surface area contributed by atoms with E-state index in [1.54, 1.807) is 12.3 Å². The van der Waals surface area contributed by atoms with Crippen molar-refractivity contribution >= 4 is 11.6 Å². The van der Waals surface area contributed by atoms with Gasteiger partial charge in [0.1, 0.15) is 5.82 Å². The van der Waals surface area contributed by atoms with Crippen molar-refractivity contribution in [2.75, 3.05) is 4.90 Å². The van der Waals surface area contributed by atoms with Crippen LogP contribution in [-0.4, -0.2) is 22.9 Å². The standard InChI is InChI=1S/C18H16N2O/c21-17-10-9-15-14(13-6-2-1-3-7-13)12-16(17)20(15)18-8-4-5-11-19-18/h1-11,14-16H,12H2. The highest BCUT2D eigenvalue weighted by molar-refractivity contribution is 5.99. The predicted octanol–water partition coefficient (Wildman–Crippen LogP) is 2.95. The number of nitrogens with zero attached hydrogens (tertiary/aromatic N) is 2. The van der Waals surface area contributed by atoms with Gasteiger partial charge in [-0.2, -0.15) is 0 Å². The number of anilines is 1. The zero-order valence-electron chi connectivity index (χ0n) is 11.6. The van der Waals surface area contributed by atoms with E-state index in [1.165, 1.54) is 5.56 Å². The van der Waals surface area contributed by atoms with Gasteiger partial charge in [-0.25, -0.2) is 4.98 Å². The Morgan fingerprint density at radius 2 is 1.86 bits per heavy atom. The maximum absolute atomic E-state index is 12.3. The Kier molecular flexibility index (Phi) is 2.85. The Bertz CT molecular complexity index is 681. The van der Waals surface area contributed by atoms with Crippen molar-refractivity contribution in [1.82, 2.24) is 4.98 Å². The summed E-state index contributed by atoms with van der Waals surface area (Å²) in [6.07, 6.45) is 6.43. The van der Waals surface area contributed by atoms with Gasteiger partial charge >= 0.3 is 0 Å². The van der Waals surface area contributed by atoms with Crippen LogP contribution in [0.25, 0.3) is 0 Å². The molecule has 1 saturated heterocycles. The van der Waals surface area contributed by atoms with Crippen LogP contribution < -0.4 is 4.90 Å². The molecule has 2 aliphatic rings. The minimum Gasteiger partial charge on any atom is -0.339 e. The molecule has 3 unspecified atom stereocenters. The molecule has 2 bridgehead atoms. The minimum absolute atomic E-state index is 0.0832. The second kappa shape index (κ2) is 4.85. The number of carbonyl (C=O) groups excluding carboxylic acids is 1. The topological polar surface area (TPSA) is 33.2 Å². The van der Waals surface area contributed by atoms with Gasteiger partial charge in [-0.05, 0) is 30.2 Å². The Balaban J connectivity index is 1.76. The fraction of sp³-hybridized carbons (Fsp3) is 0.222. The van der Waals surface area contributed by atoms with Gasteiger partial charge in [0.15, 0.2) is 5.78 Å². The molecule has 4 rings (SSSR count). The van der Waals surface area contributed by atoms with Crippen LogP contribution in [0.5, 0.6) is 0 Å². The molecule has 1 fully saturated rings. The van der Waals surface area contributed by atoms with E-state index in [0.29, 0.717) is 5.92 Å². The fourth-order valence-corrected chi connectivity index (χ4v) is 3.53. The average Bonchev–Trinajstić information content (AvgIpc) is 2.85. The number of benzene rings is 1. The monoisotopic (exact) mass is 276 g/mol. The van der Waals surface area contributed by atoms with Crippen molar-refractivity contribution in [3.8, 4) is 0 Å². The van der Waals surface area contributed by atoms with Gasteiger partial charge < -0.3 is 4.90 Å². The van der Waals surface area contributed by atoms with Crippen molar-refractivity contribution < 1.29 is 4.79 Å². The lowest BCUT2D eigenvalue weighted by Gasteiger charge is -2.32. The fourth-order valence-electron chi connectivity index (χ4n) is 3.53. The zero-order chi connectivity index (χ0) is 14.2. The molecule has 3 heteroatoms.